The van der Waals surface area contributed by atoms with E-state index in [2.05, 4.69) is 0 Å². The minimum atomic E-state index is -0.551. The average Bonchev–Trinajstić information content (AvgIpc) is 2.47. The van der Waals surface area contributed by atoms with Gasteiger partial charge in [-0.15, -0.1) is 0 Å². The Kier molecular flexibility index (Phi) is 3.06. The maximum Gasteiger partial charge on any atom is 0.263 e. The molecule has 0 fully saturated rings. The van der Waals surface area contributed by atoms with Gasteiger partial charge in [-0.1, -0.05) is 30.3 Å². The molecule has 1 heterocycles. The summed E-state index contributed by atoms with van der Waals surface area (Å²) >= 11 is 0. The monoisotopic (exact) mass is 278 g/mol. The van der Waals surface area contributed by atoms with Gasteiger partial charge in [-0.25, -0.2) is 0 Å². The van der Waals surface area contributed by atoms with Crippen molar-refractivity contribution in [3.63, 3.8) is 0 Å². The van der Waals surface area contributed by atoms with Gasteiger partial charge in [-0.2, -0.15) is 0 Å². The zero-order valence-electron chi connectivity index (χ0n) is 11.5. The van der Waals surface area contributed by atoms with Crippen LogP contribution in [0.1, 0.15) is 16.1 Å². The highest BCUT2D eigenvalue weighted by Gasteiger charge is 2.13. The summed E-state index contributed by atoms with van der Waals surface area (Å²) < 4.78 is 1.53. The molecule has 1 amide bonds. The minimum Gasteiger partial charge on any atom is -0.366 e. The Balaban J connectivity index is 2.42. The Labute approximate surface area is 121 Å². The predicted molar refractivity (Wildman–Crippen MR) is 82.8 cm³/mol. The summed E-state index contributed by atoms with van der Waals surface area (Å²) in [6.07, 6.45) is 0. The first kappa shape index (κ1) is 13.1. The number of aromatic nitrogens is 1. The molecule has 0 bridgehead atoms. The van der Waals surface area contributed by atoms with Crippen LogP contribution in [-0.4, -0.2) is 10.5 Å². The van der Waals surface area contributed by atoms with Gasteiger partial charge in [0, 0.05) is 11.1 Å². The Morgan fingerprint density at radius 3 is 2.48 bits per heavy atom. The lowest BCUT2D eigenvalue weighted by Crippen LogP contribution is -2.24. The van der Waals surface area contributed by atoms with Crippen molar-refractivity contribution in [3.8, 4) is 5.69 Å². The van der Waals surface area contributed by atoms with Crippen molar-refractivity contribution in [1.29, 1.82) is 0 Å². The molecular weight excluding hydrogens is 264 g/mol. The van der Waals surface area contributed by atoms with Crippen LogP contribution in [0.4, 0.5) is 0 Å². The lowest BCUT2D eigenvalue weighted by Gasteiger charge is -2.14. The molecule has 1 aromatic heterocycles. The normalized spacial score (nSPS) is 10.7. The van der Waals surface area contributed by atoms with E-state index in [9.17, 15) is 9.59 Å². The molecule has 4 heteroatoms. The molecule has 0 saturated carbocycles. The number of pyridine rings is 1. The molecule has 2 N–H and O–H groups in total. The molecule has 0 aliphatic heterocycles. The fourth-order valence-electron chi connectivity index (χ4n) is 2.56. The summed E-state index contributed by atoms with van der Waals surface area (Å²) in [7, 11) is 0. The lowest BCUT2D eigenvalue weighted by molar-refractivity contribution is 0.100. The number of hydrogen-bond donors (Lipinski definition) is 1. The first-order chi connectivity index (χ1) is 10.1. The number of para-hydroxylation sites is 1. The quantitative estimate of drug-likeness (QED) is 0.782. The van der Waals surface area contributed by atoms with E-state index in [0.29, 0.717) is 16.6 Å². The van der Waals surface area contributed by atoms with E-state index in [-0.39, 0.29) is 5.56 Å². The third-order valence-corrected chi connectivity index (χ3v) is 3.52. The number of fused-ring (bicyclic) bond motifs is 1. The van der Waals surface area contributed by atoms with Crippen molar-refractivity contribution >= 4 is 16.7 Å². The van der Waals surface area contributed by atoms with Crippen LogP contribution in [0.5, 0.6) is 0 Å². The minimum absolute atomic E-state index is 0.153. The van der Waals surface area contributed by atoms with Crippen LogP contribution in [0.2, 0.25) is 0 Å². The molecule has 4 nitrogen and oxygen atoms in total. The highest BCUT2D eigenvalue weighted by Crippen LogP contribution is 2.18. The Morgan fingerprint density at radius 1 is 1.05 bits per heavy atom. The summed E-state index contributed by atoms with van der Waals surface area (Å²) in [6.45, 7) is 1.84. The molecule has 0 atom stereocenters. The molecule has 104 valence electrons. The second kappa shape index (κ2) is 4.90. The van der Waals surface area contributed by atoms with Gasteiger partial charge in [0.25, 0.3) is 11.5 Å². The lowest BCUT2D eigenvalue weighted by atomic mass is 10.1. The van der Waals surface area contributed by atoms with Crippen LogP contribution in [-0.2, 0) is 0 Å². The van der Waals surface area contributed by atoms with Gasteiger partial charge < -0.3 is 5.73 Å². The van der Waals surface area contributed by atoms with E-state index in [1.165, 1.54) is 4.57 Å². The summed E-state index contributed by atoms with van der Waals surface area (Å²) in [5.74, 6) is -0.551. The third kappa shape index (κ3) is 2.10. The molecule has 2 aromatic carbocycles. The molecule has 0 saturated heterocycles. The molecule has 21 heavy (non-hydrogen) atoms. The van der Waals surface area contributed by atoms with Crippen LogP contribution in [0.3, 0.4) is 0 Å². The van der Waals surface area contributed by atoms with Crippen molar-refractivity contribution in [2.75, 3.05) is 0 Å². The van der Waals surface area contributed by atoms with Gasteiger partial charge in [0.2, 0.25) is 0 Å². The van der Waals surface area contributed by atoms with E-state index in [1.807, 2.05) is 31.2 Å². The molecular formula is C17H14N2O2. The number of aryl methyl sites for hydroxylation is 1. The number of benzene rings is 2. The Bertz CT molecular complexity index is 910. The molecule has 0 radical (unpaired) electrons. The van der Waals surface area contributed by atoms with Crippen molar-refractivity contribution in [2.24, 2.45) is 5.73 Å². The van der Waals surface area contributed by atoms with Crippen LogP contribution >= 0.6 is 0 Å². The highest BCUT2D eigenvalue weighted by atomic mass is 16.1. The van der Waals surface area contributed by atoms with Crippen LogP contribution < -0.4 is 11.3 Å². The third-order valence-electron chi connectivity index (χ3n) is 3.52. The fourth-order valence-corrected chi connectivity index (χ4v) is 2.56. The number of hydrogen-bond acceptors (Lipinski definition) is 2. The van der Waals surface area contributed by atoms with Crippen molar-refractivity contribution in [3.05, 3.63) is 76.2 Å². The van der Waals surface area contributed by atoms with E-state index in [1.54, 1.807) is 30.3 Å². The summed E-state index contributed by atoms with van der Waals surface area (Å²) in [6, 6.07) is 16.2. The number of primary amides is 1. The zero-order valence-corrected chi connectivity index (χ0v) is 11.5. The summed E-state index contributed by atoms with van der Waals surface area (Å²) in [4.78, 5) is 24.3. The van der Waals surface area contributed by atoms with Crippen molar-refractivity contribution < 1.29 is 4.79 Å². The average molecular weight is 278 g/mol. The van der Waals surface area contributed by atoms with Gasteiger partial charge in [0.1, 0.15) is 0 Å². The topological polar surface area (TPSA) is 65.1 Å². The second-order valence-corrected chi connectivity index (χ2v) is 4.89. The van der Waals surface area contributed by atoms with E-state index < -0.39 is 5.91 Å². The summed E-state index contributed by atoms with van der Waals surface area (Å²) in [5, 5.41) is 1.50. The first-order valence-electron chi connectivity index (χ1n) is 6.60. The Morgan fingerprint density at radius 2 is 1.71 bits per heavy atom. The second-order valence-electron chi connectivity index (χ2n) is 4.89. The highest BCUT2D eigenvalue weighted by molar-refractivity contribution is 5.96. The number of amides is 1. The van der Waals surface area contributed by atoms with E-state index >= 15 is 0 Å². The standard InChI is InChI=1S/C17H14N2O2/c1-11-10-12-6-2-3-7-13(12)17(21)19(11)15-9-5-4-8-14(15)16(18)20/h2-10H,1H3,(H2,18,20). The molecule has 3 aromatic rings. The Hall–Kier alpha value is -2.88. The van der Waals surface area contributed by atoms with E-state index in [0.717, 1.165) is 11.1 Å². The van der Waals surface area contributed by atoms with Crippen LogP contribution in [0, 0.1) is 6.92 Å². The molecule has 0 aliphatic carbocycles. The van der Waals surface area contributed by atoms with E-state index in [4.69, 9.17) is 5.73 Å². The van der Waals surface area contributed by atoms with Crippen LogP contribution in [0.15, 0.2) is 59.4 Å². The van der Waals surface area contributed by atoms with Gasteiger partial charge in [0.05, 0.1) is 11.3 Å². The van der Waals surface area contributed by atoms with Gasteiger partial charge >= 0.3 is 0 Å². The summed E-state index contributed by atoms with van der Waals surface area (Å²) in [5.41, 5.74) is 6.86. The van der Waals surface area contributed by atoms with Crippen LogP contribution in [0.25, 0.3) is 16.5 Å². The molecule has 0 aliphatic rings. The molecule has 3 rings (SSSR count). The fraction of sp³-hybridized carbons (Fsp3) is 0.0588. The SMILES string of the molecule is Cc1cc2ccccc2c(=O)n1-c1ccccc1C(N)=O. The number of rotatable bonds is 2. The number of carbonyl (C=O) groups is 1. The first-order valence-corrected chi connectivity index (χ1v) is 6.60. The van der Waals surface area contributed by atoms with Gasteiger partial charge in [-0.3, -0.25) is 14.2 Å². The number of nitrogens with zero attached hydrogens (tertiary/aromatic N) is 1. The van der Waals surface area contributed by atoms with Crippen molar-refractivity contribution in [2.45, 2.75) is 6.92 Å². The largest absolute Gasteiger partial charge is 0.366 e. The zero-order chi connectivity index (χ0) is 15.0. The van der Waals surface area contributed by atoms with Gasteiger partial charge in [-0.05, 0) is 36.6 Å². The number of nitrogens with two attached hydrogens (primary N) is 1. The molecule has 0 spiro atoms. The number of carbonyl (C=O) groups excluding carboxylic acids is 1. The smallest absolute Gasteiger partial charge is 0.263 e. The maximum absolute atomic E-state index is 12.7. The molecule has 0 unspecified atom stereocenters. The van der Waals surface area contributed by atoms with Gasteiger partial charge in [0.15, 0.2) is 0 Å². The predicted octanol–water partition coefficient (Wildman–Crippen LogP) is 2.40. The maximum atomic E-state index is 12.7. The van der Waals surface area contributed by atoms with Crippen molar-refractivity contribution in [1.82, 2.24) is 4.57 Å².